The van der Waals surface area contributed by atoms with Crippen molar-refractivity contribution in [1.82, 2.24) is 15.6 Å². The molecular weight excluding hydrogens is 234 g/mol. The van der Waals surface area contributed by atoms with Crippen molar-refractivity contribution >= 4 is 17.2 Å². The molecule has 0 aromatic carbocycles. The molecular formula is C12H19N3OS. The lowest BCUT2D eigenvalue weighted by Gasteiger charge is -2.22. The molecule has 2 atom stereocenters. The summed E-state index contributed by atoms with van der Waals surface area (Å²) < 4.78 is 0. The zero-order valence-electron chi connectivity index (χ0n) is 10.1. The maximum atomic E-state index is 11.9. The number of carbonyl (C=O) groups excluding carboxylic acids is 1. The Morgan fingerprint density at radius 3 is 3.29 bits per heavy atom. The molecule has 1 aromatic rings. The molecule has 1 aliphatic rings. The largest absolute Gasteiger partial charge is 0.347 e. The van der Waals surface area contributed by atoms with E-state index in [0.717, 1.165) is 24.5 Å². The Labute approximate surface area is 106 Å². The molecule has 2 N–H and O–H groups in total. The van der Waals surface area contributed by atoms with Gasteiger partial charge in [0, 0.05) is 18.0 Å². The van der Waals surface area contributed by atoms with Crippen LogP contribution in [0.5, 0.6) is 0 Å². The standard InChI is InChI=1S/C12H19N3OS/c1-9(12-14-5-6-17-12)15-11(16)7-10-3-2-4-13-8-10/h5-6,9-10,13H,2-4,7-8H2,1H3,(H,15,16). The highest BCUT2D eigenvalue weighted by atomic mass is 32.1. The third kappa shape index (κ3) is 3.78. The van der Waals surface area contributed by atoms with Gasteiger partial charge < -0.3 is 10.6 Å². The maximum Gasteiger partial charge on any atom is 0.220 e. The number of hydrogen-bond acceptors (Lipinski definition) is 4. The van der Waals surface area contributed by atoms with Crippen LogP contribution in [0.25, 0.3) is 0 Å². The van der Waals surface area contributed by atoms with Gasteiger partial charge in [-0.15, -0.1) is 11.3 Å². The molecule has 0 spiro atoms. The van der Waals surface area contributed by atoms with Crippen LogP contribution >= 0.6 is 11.3 Å². The minimum atomic E-state index is 0.0269. The van der Waals surface area contributed by atoms with Gasteiger partial charge in [-0.3, -0.25) is 4.79 Å². The lowest BCUT2D eigenvalue weighted by atomic mass is 9.96. The number of thiazole rings is 1. The summed E-state index contributed by atoms with van der Waals surface area (Å²) in [5.74, 6) is 0.633. The van der Waals surface area contributed by atoms with E-state index in [9.17, 15) is 4.79 Å². The first-order valence-corrected chi connectivity index (χ1v) is 7.03. The molecule has 1 fully saturated rings. The van der Waals surface area contributed by atoms with Crippen molar-refractivity contribution in [3.05, 3.63) is 16.6 Å². The van der Waals surface area contributed by atoms with E-state index in [4.69, 9.17) is 0 Å². The van der Waals surface area contributed by atoms with Crippen LogP contribution < -0.4 is 10.6 Å². The normalized spacial score (nSPS) is 22.1. The van der Waals surface area contributed by atoms with Crippen molar-refractivity contribution in [2.24, 2.45) is 5.92 Å². The van der Waals surface area contributed by atoms with Gasteiger partial charge in [0.15, 0.2) is 0 Å². The van der Waals surface area contributed by atoms with Crippen molar-refractivity contribution < 1.29 is 4.79 Å². The fourth-order valence-corrected chi connectivity index (χ4v) is 2.82. The van der Waals surface area contributed by atoms with Crippen LogP contribution in [0.1, 0.15) is 37.2 Å². The second kappa shape index (κ2) is 6.12. The van der Waals surface area contributed by atoms with Crippen LogP contribution in [0.3, 0.4) is 0 Å². The summed E-state index contributed by atoms with van der Waals surface area (Å²) in [5.41, 5.74) is 0. The molecule has 1 amide bonds. The number of aromatic nitrogens is 1. The average Bonchev–Trinajstić information content (AvgIpc) is 2.83. The van der Waals surface area contributed by atoms with Gasteiger partial charge in [0.05, 0.1) is 6.04 Å². The van der Waals surface area contributed by atoms with Gasteiger partial charge >= 0.3 is 0 Å². The minimum Gasteiger partial charge on any atom is -0.347 e. The van der Waals surface area contributed by atoms with Crippen LogP contribution in [-0.2, 0) is 4.79 Å². The van der Waals surface area contributed by atoms with Gasteiger partial charge in [0.25, 0.3) is 0 Å². The highest BCUT2D eigenvalue weighted by Gasteiger charge is 2.18. The number of nitrogens with one attached hydrogen (secondary N) is 2. The molecule has 1 aliphatic heterocycles. The van der Waals surface area contributed by atoms with E-state index in [1.54, 1.807) is 17.5 Å². The highest BCUT2D eigenvalue weighted by molar-refractivity contribution is 7.09. The van der Waals surface area contributed by atoms with Gasteiger partial charge in [0.2, 0.25) is 5.91 Å². The number of carbonyl (C=O) groups is 1. The molecule has 0 bridgehead atoms. The van der Waals surface area contributed by atoms with E-state index < -0.39 is 0 Å². The molecule has 1 saturated heterocycles. The van der Waals surface area contributed by atoms with Gasteiger partial charge in [-0.05, 0) is 38.8 Å². The fourth-order valence-electron chi connectivity index (χ4n) is 2.17. The fraction of sp³-hybridized carbons (Fsp3) is 0.667. The Hall–Kier alpha value is -0.940. The van der Waals surface area contributed by atoms with E-state index in [-0.39, 0.29) is 11.9 Å². The number of piperidine rings is 1. The van der Waals surface area contributed by atoms with E-state index in [1.807, 2.05) is 12.3 Å². The Morgan fingerprint density at radius 2 is 2.65 bits per heavy atom. The van der Waals surface area contributed by atoms with Gasteiger partial charge in [0.1, 0.15) is 5.01 Å². The summed E-state index contributed by atoms with van der Waals surface area (Å²) in [6, 6.07) is 0.0269. The van der Waals surface area contributed by atoms with Crippen LogP contribution in [-0.4, -0.2) is 24.0 Å². The molecule has 2 rings (SSSR count). The monoisotopic (exact) mass is 253 g/mol. The molecule has 0 saturated carbocycles. The Morgan fingerprint density at radius 1 is 1.76 bits per heavy atom. The van der Waals surface area contributed by atoms with Gasteiger partial charge in [-0.2, -0.15) is 0 Å². The topological polar surface area (TPSA) is 54.0 Å². The predicted molar refractivity (Wildman–Crippen MR) is 68.9 cm³/mol. The lowest BCUT2D eigenvalue weighted by molar-refractivity contribution is -0.122. The third-order valence-electron chi connectivity index (χ3n) is 3.07. The lowest BCUT2D eigenvalue weighted by Crippen LogP contribution is -2.35. The smallest absolute Gasteiger partial charge is 0.220 e. The predicted octanol–water partition coefficient (Wildman–Crippen LogP) is 1.71. The van der Waals surface area contributed by atoms with Crippen molar-refractivity contribution in [3.63, 3.8) is 0 Å². The summed E-state index contributed by atoms with van der Waals surface area (Å²) in [4.78, 5) is 16.1. The molecule has 2 heterocycles. The second-order valence-electron chi connectivity index (χ2n) is 4.58. The van der Waals surface area contributed by atoms with E-state index in [0.29, 0.717) is 12.3 Å². The van der Waals surface area contributed by atoms with E-state index in [2.05, 4.69) is 15.6 Å². The zero-order chi connectivity index (χ0) is 12.1. The summed E-state index contributed by atoms with van der Waals surface area (Å²) in [7, 11) is 0. The second-order valence-corrected chi connectivity index (χ2v) is 5.50. The summed E-state index contributed by atoms with van der Waals surface area (Å²) >= 11 is 1.58. The number of nitrogens with zero attached hydrogens (tertiary/aromatic N) is 1. The van der Waals surface area contributed by atoms with Crippen LogP contribution in [0.15, 0.2) is 11.6 Å². The van der Waals surface area contributed by atoms with Crippen molar-refractivity contribution in [2.75, 3.05) is 13.1 Å². The Balaban J connectivity index is 1.76. The molecule has 1 aromatic heterocycles. The number of rotatable bonds is 4. The average molecular weight is 253 g/mol. The third-order valence-corrected chi connectivity index (χ3v) is 4.03. The molecule has 17 heavy (non-hydrogen) atoms. The Kier molecular flexibility index (Phi) is 4.50. The first kappa shape index (κ1) is 12.5. The quantitative estimate of drug-likeness (QED) is 0.859. The zero-order valence-corrected chi connectivity index (χ0v) is 10.9. The first-order valence-electron chi connectivity index (χ1n) is 6.15. The Bertz CT molecular complexity index is 347. The van der Waals surface area contributed by atoms with Crippen molar-refractivity contribution in [3.8, 4) is 0 Å². The van der Waals surface area contributed by atoms with E-state index >= 15 is 0 Å². The minimum absolute atomic E-state index is 0.0269. The van der Waals surface area contributed by atoms with Crippen molar-refractivity contribution in [2.45, 2.75) is 32.2 Å². The van der Waals surface area contributed by atoms with E-state index in [1.165, 1.54) is 6.42 Å². The molecule has 4 nitrogen and oxygen atoms in total. The molecule has 0 aliphatic carbocycles. The number of amides is 1. The van der Waals surface area contributed by atoms with Gasteiger partial charge in [-0.25, -0.2) is 4.98 Å². The summed E-state index contributed by atoms with van der Waals surface area (Å²) in [6.07, 6.45) is 4.74. The summed E-state index contributed by atoms with van der Waals surface area (Å²) in [6.45, 7) is 4.04. The molecule has 5 heteroatoms. The van der Waals surface area contributed by atoms with Crippen LogP contribution in [0.2, 0.25) is 0 Å². The number of hydrogen-bond donors (Lipinski definition) is 2. The summed E-state index contributed by atoms with van der Waals surface area (Å²) in [5, 5.41) is 9.25. The van der Waals surface area contributed by atoms with Gasteiger partial charge in [-0.1, -0.05) is 0 Å². The molecule has 2 unspecified atom stereocenters. The highest BCUT2D eigenvalue weighted by Crippen LogP contribution is 2.17. The van der Waals surface area contributed by atoms with Crippen LogP contribution in [0.4, 0.5) is 0 Å². The molecule has 94 valence electrons. The maximum absolute atomic E-state index is 11.9. The SMILES string of the molecule is CC(NC(=O)CC1CCCNC1)c1nccs1. The first-order chi connectivity index (χ1) is 8.25. The van der Waals surface area contributed by atoms with Crippen LogP contribution in [0, 0.1) is 5.92 Å². The van der Waals surface area contributed by atoms with Crippen molar-refractivity contribution in [1.29, 1.82) is 0 Å². The molecule has 0 radical (unpaired) electrons.